The van der Waals surface area contributed by atoms with Crippen LogP contribution in [0.25, 0.3) is 0 Å². The van der Waals surface area contributed by atoms with E-state index in [1.165, 1.54) is 12.1 Å². The molecular formula is C17H17BrO5. The molecule has 0 bridgehead atoms. The third kappa shape index (κ3) is 5.17. The molecule has 0 radical (unpaired) electrons. The third-order valence-electron chi connectivity index (χ3n) is 2.90. The van der Waals surface area contributed by atoms with Crippen LogP contribution in [0.4, 0.5) is 0 Å². The lowest BCUT2D eigenvalue weighted by molar-refractivity contribution is 0.0696. The summed E-state index contributed by atoms with van der Waals surface area (Å²) in [7, 11) is 0. The molecule has 0 aliphatic carbocycles. The van der Waals surface area contributed by atoms with Crippen LogP contribution >= 0.6 is 15.9 Å². The van der Waals surface area contributed by atoms with Crippen molar-refractivity contribution in [1.29, 1.82) is 0 Å². The van der Waals surface area contributed by atoms with E-state index in [0.717, 1.165) is 4.47 Å². The second-order valence-corrected chi connectivity index (χ2v) is 5.47. The van der Waals surface area contributed by atoms with Gasteiger partial charge < -0.3 is 19.3 Å². The van der Waals surface area contributed by atoms with Gasteiger partial charge in [-0.25, -0.2) is 4.79 Å². The van der Waals surface area contributed by atoms with E-state index >= 15 is 0 Å². The molecule has 0 saturated heterocycles. The van der Waals surface area contributed by atoms with Crippen LogP contribution in [0.2, 0.25) is 0 Å². The lowest BCUT2D eigenvalue weighted by atomic mass is 10.2. The SMILES string of the molecule is CCOc1cc(Br)ccc1OCCOc1cccc(C(=O)O)c1. The molecular weight excluding hydrogens is 364 g/mol. The van der Waals surface area contributed by atoms with Crippen LogP contribution < -0.4 is 14.2 Å². The van der Waals surface area contributed by atoms with Crippen molar-refractivity contribution in [3.05, 3.63) is 52.5 Å². The number of carbonyl (C=O) groups is 1. The molecule has 2 rings (SSSR count). The van der Waals surface area contributed by atoms with E-state index in [0.29, 0.717) is 37.1 Å². The fourth-order valence-electron chi connectivity index (χ4n) is 1.90. The van der Waals surface area contributed by atoms with Gasteiger partial charge in [0.1, 0.15) is 19.0 Å². The number of carboxylic acids is 1. The largest absolute Gasteiger partial charge is 0.490 e. The van der Waals surface area contributed by atoms with Gasteiger partial charge in [0.25, 0.3) is 0 Å². The van der Waals surface area contributed by atoms with Gasteiger partial charge >= 0.3 is 5.97 Å². The summed E-state index contributed by atoms with van der Waals surface area (Å²) in [5.74, 6) is 0.810. The fourth-order valence-corrected chi connectivity index (χ4v) is 2.24. The Morgan fingerprint density at radius 1 is 1.04 bits per heavy atom. The quantitative estimate of drug-likeness (QED) is 0.701. The second-order valence-electron chi connectivity index (χ2n) is 4.55. The van der Waals surface area contributed by atoms with Crippen LogP contribution in [-0.2, 0) is 0 Å². The van der Waals surface area contributed by atoms with Crippen molar-refractivity contribution >= 4 is 21.9 Å². The number of hydrogen-bond donors (Lipinski definition) is 1. The van der Waals surface area contributed by atoms with Crippen molar-refractivity contribution in [2.45, 2.75) is 6.92 Å². The number of aromatic carboxylic acids is 1. The van der Waals surface area contributed by atoms with Gasteiger partial charge in [-0.2, -0.15) is 0 Å². The summed E-state index contributed by atoms with van der Waals surface area (Å²) in [4.78, 5) is 10.9. The maximum atomic E-state index is 10.9. The van der Waals surface area contributed by atoms with Gasteiger partial charge in [-0.15, -0.1) is 0 Å². The molecule has 0 atom stereocenters. The van der Waals surface area contributed by atoms with E-state index in [9.17, 15) is 4.79 Å². The molecule has 0 unspecified atom stereocenters. The van der Waals surface area contributed by atoms with Crippen LogP contribution in [0.15, 0.2) is 46.9 Å². The lowest BCUT2D eigenvalue weighted by Gasteiger charge is -2.13. The third-order valence-corrected chi connectivity index (χ3v) is 3.39. The highest BCUT2D eigenvalue weighted by molar-refractivity contribution is 9.10. The van der Waals surface area contributed by atoms with Gasteiger partial charge in [0.05, 0.1) is 12.2 Å². The smallest absolute Gasteiger partial charge is 0.335 e. The second kappa shape index (κ2) is 8.43. The summed E-state index contributed by atoms with van der Waals surface area (Å²) in [6.07, 6.45) is 0. The van der Waals surface area contributed by atoms with E-state index in [1.807, 2.05) is 25.1 Å². The number of ether oxygens (including phenoxy) is 3. The monoisotopic (exact) mass is 380 g/mol. The average molecular weight is 381 g/mol. The van der Waals surface area contributed by atoms with Crippen molar-refractivity contribution in [2.75, 3.05) is 19.8 Å². The lowest BCUT2D eigenvalue weighted by Crippen LogP contribution is -2.10. The van der Waals surface area contributed by atoms with Gasteiger partial charge in [-0.3, -0.25) is 0 Å². The maximum Gasteiger partial charge on any atom is 0.335 e. The van der Waals surface area contributed by atoms with Crippen molar-refractivity contribution < 1.29 is 24.1 Å². The van der Waals surface area contributed by atoms with Gasteiger partial charge in [0, 0.05) is 4.47 Å². The molecule has 2 aromatic rings. The Kier molecular flexibility index (Phi) is 6.29. The van der Waals surface area contributed by atoms with E-state index in [1.54, 1.807) is 12.1 Å². The number of hydrogen-bond acceptors (Lipinski definition) is 4. The molecule has 0 saturated carbocycles. The molecule has 0 heterocycles. The molecule has 5 nitrogen and oxygen atoms in total. The summed E-state index contributed by atoms with van der Waals surface area (Å²) in [6.45, 7) is 3.07. The molecule has 2 aromatic carbocycles. The number of benzene rings is 2. The topological polar surface area (TPSA) is 65.0 Å². The number of rotatable bonds is 8. The minimum Gasteiger partial charge on any atom is -0.490 e. The highest BCUT2D eigenvalue weighted by atomic mass is 79.9. The molecule has 0 fully saturated rings. The first-order valence-electron chi connectivity index (χ1n) is 7.11. The molecule has 0 aliphatic heterocycles. The molecule has 6 heteroatoms. The van der Waals surface area contributed by atoms with Crippen LogP contribution in [0.5, 0.6) is 17.2 Å². The highest BCUT2D eigenvalue weighted by Gasteiger charge is 2.07. The number of carboxylic acid groups (broad SMARTS) is 1. The predicted molar refractivity (Wildman–Crippen MR) is 89.7 cm³/mol. The first-order chi connectivity index (χ1) is 11.1. The fraction of sp³-hybridized carbons (Fsp3) is 0.235. The van der Waals surface area contributed by atoms with E-state index in [4.69, 9.17) is 19.3 Å². The predicted octanol–water partition coefficient (Wildman–Crippen LogP) is 4.00. The van der Waals surface area contributed by atoms with Crippen molar-refractivity contribution in [3.63, 3.8) is 0 Å². The standard InChI is InChI=1S/C17H17BrO5/c1-2-21-16-11-13(18)6-7-15(16)23-9-8-22-14-5-3-4-12(10-14)17(19)20/h3-7,10-11H,2,8-9H2,1H3,(H,19,20). The zero-order valence-electron chi connectivity index (χ0n) is 12.6. The summed E-state index contributed by atoms with van der Waals surface area (Å²) in [5.41, 5.74) is 0.190. The maximum absolute atomic E-state index is 10.9. The summed E-state index contributed by atoms with van der Waals surface area (Å²) < 4.78 is 17.6. The molecule has 0 spiro atoms. The summed E-state index contributed by atoms with van der Waals surface area (Å²) in [6, 6.07) is 11.9. The Balaban J connectivity index is 1.88. The van der Waals surface area contributed by atoms with Crippen molar-refractivity contribution in [1.82, 2.24) is 0 Å². The van der Waals surface area contributed by atoms with Crippen LogP contribution in [0.1, 0.15) is 17.3 Å². The Hall–Kier alpha value is -2.21. The normalized spacial score (nSPS) is 10.2. The molecule has 0 amide bonds. The molecule has 0 aromatic heterocycles. The molecule has 23 heavy (non-hydrogen) atoms. The van der Waals surface area contributed by atoms with Gasteiger partial charge in [0.15, 0.2) is 11.5 Å². The minimum atomic E-state index is -0.983. The van der Waals surface area contributed by atoms with Gasteiger partial charge in [0.2, 0.25) is 0 Å². The van der Waals surface area contributed by atoms with Crippen molar-refractivity contribution in [2.24, 2.45) is 0 Å². The number of halogens is 1. The van der Waals surface area contributed by atoms with Gasteiger partial charge in [-0.05, 0) is 43.3 Å². The van der Waals surface area contributed by atoms with Crippen LogP contribution in [0, 0.1) is 0 Å². The Labute approximate surface area is 142 Å². The minimum absolute atomic E-state index is 0.190. The zero-order valence-corrected chi connectivity index (χ0v) is 14.2. The van der Waals surface area contributed by atoms with Gasteiger partial charge in [-0.1, -0.05) is 22.0 Å². The Morgan fingerprint density at radius 3 is 2.57 bits per heavy atom. The van der Waals surface area contributed by atoms with Crippen LogP contribution in [-0.4, -0.2) is 30.9 Å². The van der Waals surface area contributed by atoms with Crippen LogP contribution in [0.3, 0.4) is 0 Å². The Bertz CT molecular complexity index is 672. The first-order valence-corrected chi connectivity index (χ1v) is 7.90. The summed E-state index contributed by atoms with van der Waals surface area (Å²) >= 11 is 3.39. The van der Waals surface area contributed by atoms with E-state index in [-0.39, 0.29) is 5.56 Å². The highest BCUT2D eigenvalue weighted by Crippen LogP contribution is 2.30. The summed E-state index contributed by atoms with van der Waals surface area (Å²) in [5, 5.41) is 8.93. The molecule has 122 valence electrons. The zero-order chi connectivity index (χ0) is 16.7. The van der Waals surface area contributed by atoms with E-state index in [2.05, 4.69) is 15.9 Å². The Morgan fingerprint density at radius 2 is 1.83 bits per heavy atom. The first kappa shape index (κ1) is 17.1. The van der Waals surface area contributed by atoms with E-state index < -0.39 is 5.97 Å². The molecule has 1 N–H and O–H groups in total. The molecule has 0 aliphatic rings. The average Bonchev–Trinajstić information content (AvgIpc) is 2.54. The van der Waals surface area contributed by atoms with Crippen molar-refractivity contribution in [3.8, 4) is 17.2 Å².